The van der Waals surface area contributed by atoms with Gasteiger partial charge in [0.15, 0.2) is 0 Å². The van der Waals surface area contributed by atoms with Crippen LogP contribution >= 0.6 is 0 Å². The zero-order valence-corrected chi connectivity index (χ0v) is 15.8. The van der Waals surface area contributed by atoms with E-state index in [9.17, 15) is 9.59 Å². The number of carbonyl (C=O) groups is 2. The summed E-state index contributed by atoms with van der Waals surface area (Å²) in [6.07, 6.45) is 3.61. The summed E-state index contributed by atoms with van der Waals surface area (Å²) in [6, 6.07) is 20.6. The van der Waals surface area contributed by atoms with Crippen LogP contribution in [0.1, 0.15) is 12.0 Å². The summed E-state index contributed by atoms with van der Waals surface area (Å²) in [7, 11) is 0. The molecule has 0 bridgehead atoms. The van der Waals surface area contributed by atoms with Gasteiger partial charge in [-0.1, -0.05) is 24.3 Å². The predicted molar refractivity (Wildman–Crippen MR) is 110 cm³/mol. The van der Waals surface area contributed by atoms with Crippen molar-refractivity contribution in [2.45, 2.75) is 13.0 Å². The number of para-hydroxylation sites is 1. The molecule has 1 fully saturated rings. The summed E-state index contributed by atoms with van der Waals surface area (Å²) in [4.78, 5) is 30.6. The minimum Gasteiger partial charge on any atom is -0.457 e. The van der Waals surface area contributed by atoms with Gasteiger partial charge in [0, 0.05) is 37.6 Å². The number of nitrogens with one attached hydrogen (secondary N) is 1. The molecule has 0 spiro atoms. The fourth-order valence-electron chi connectivity index (χ4n) is 3.29. The average molecular weight is 387 g/mol. The highest BCUT2D eigenvalue weighted by Crippen LogP contribution is 2.28. The van der Waals surface area contributed by atoms with Crippen LogP contribution in [0.2, 0.25) is 0 Å². The Morgan fingerprint density at radius 2 is 1.79 bits per heavy atom. The lowest BCUT2D eigenvalue weighted by Gasteiger charge is -2.17. The van der Waals surface area contributed by atoms with Gasteiger partial charge < -0.3 is 15.0 Å². The summed E-state index contributed by atoms with van der Waals surface area (Å²) < 4.78 is 5.78. The second kappa shape index (κ2) is 8.56. The lowest BCUT2D eigenvalue weighted by molar-refractivity contribution is -0.126. The highest BCUT2D eigenvalue weighted by molar-refractivity contribution is 6.00. The van der Waals surface area contributed by atoms with Crippen LogP contribution in [0.5, 0.6) is 11.5 Å². The van der Waals surface area contributed by atoms with E-state index in [1.54, 1.807) is 17.3 Å². The van der Waals surface area contributed by atoms with Gasteiger partial charge in [-0.05, 0) is 48.0 Å². The van der Waals surface area contributed by atoms with Gasteiger partial charge in [-0.15, -0.1) is 0 Å². The molecule has 2 heterocycles. The number of hydrogen-bond donors (Lipinski definition) is 1. The van der Waals surface area contributed by atoms with Gasteiger partial charge in [-0.2, -0.15) is 0 Å². The second-order valence-electron chi connectivity index (χ2n) is 6.89. The summed E-state index contributed by atoms with van der Waals surface area (Å²) in [5.41, 5.74) is 1.69. The molecule has 0 aliphatic carbocycles. The summed E-state index contributed by atoms with van der Waals surface area (Å²) in [6.45, 7) is 0.777. The van der Waals surface area contributed by atoms with E-state index in [-0.39, 0.29) is 24.2 Å². The van der Waals surface area contributed by atoms with Gasteiger partial charge >= 0.3 is 0 Å². The van der Waals surface area contributed by atoms with Crippen LogP contribution in [-0.4, -0.2) is 23.3 Å². The van der Waals surface area contributed by atoms with E-state index in [1.807, 2.05) is 66.7 Å². The first-order chi connectivity index (χ1) is 14.2. The molecular weight excluding hydrogens is 366 g/mol. The van der Waals surface area contributed by atoms with Crippen LogP contribution < -0.4 is 15.0 Å². The maximum absolute atomic E-state index is 12.5. The Morgan fingerprint density at radius 1 is 1.03 bits per heavy atom. The molecule has 1 saturated heterocycles. The Labute approximate surface area is 169 Å². The van der Waals surface area contributed by atoms with Crippen molar-refractivity contribution in [3.8, 4) is 11.5 Å². The fourth-order valence-corrected chi connectivity index (χ4v) is 3.29. The van der Waals surface area contributed by atoms with Gasteiger partial charge in [-0.25, -0.2) is 0 Å². The van der Waals surface area contributed by atoms with Crippen molar-refractivity contribution in [1.29, 1.82) is 0 Å². The zero-order valence-electron chi connectivity index (χ0n) is 15.8. The summed E-state index contributed by atoms with van der Waals surface area (Å²) in [5, 5.41) is 2.89. The zero-order chi connectivity index (χ0) is 20.1. The molecule has 1 atom stereocenters. The smallest absolute Gasteiger partial charge is 0.227 e. The molecule has 146 valence electrons. The summed E-state index contributed by atoms with van der Waals surface area (Å²) >= 11 is 0. The molecule has 1 aliphatic rings. The topological polar surface area (TPSA) is 71.5 Å². The van der Waals surface area contributed by atoms with Crippen molar-refractivity contribution in [2.24, 2.45) is 5.92 Å². The lowest BCUT2D eigenvalue weighted by atomic mass is 10.1. The molecule has 1 N–H and O–H groups in total. The quantitative estimate of drug-likeness (QED) is 0.702. The Morgan fingerprint density at radius 3 is 2.52 bits per heavy atom. The van der Waals surface area contributed by atoms with Gasteiger partial charge in [0.1, 0.15) is 11.5 Å². The number of rotatable bonds is 6. The van der Waals surface area contributed by atoms with Crippen LogP contribution in [0.25, 0.3) is 0 Å². The van der Waals surface area contributed by atoms with Crippen LogP contribution in [0.15, 0.2) is 79.1 Å². The minimum atomic E-state index is -0.362. The molecule has 29 heavy (non-hydrogen) atoms. The highest BCUT2D eigenvalue weighted by Gasteiger charge is 2.35. The first kappa shape index (κ1) is 18.7. The standard InChI is InChI=1S/C23H21N3O3/c27-22-13-18(23(28)25-15-17-5-4-12-24-14-17)16-26(22)19-8-10-21(11-9-19)29-20-6-2-1-3-7-20/h1-12,14,18H,13,15-16H2,(H,25,28)/t18-/m0/s1. The first-order valence-corrected chi connectivity index (χ1v) is 9.49. The lowest BCUT2D eigenvalue weighted by Crippen LogP contribution is -2.32. The minimum absolute atomic E-state index is 0.0525. The Kier molecular flexibility index (Phi) is 5.52. The fraction of sp³-hybridized carbons (Fsp3) is 0.174. The molecule has 0 unspecified atom stereocenters. The average Bonchev–Trinajstić information content (AvgIpc) is 3.16. The van der Waals surface area contributed by atoms with E-state index in [4.69, 9.17) is 4.74 Å². The third kappa shape index (κ3) is 4.60. The number of amides is 2. The van der Waals surface area contributed by atoms with Crippen molar-refractivity contribution < 1.29 is 14.3 Å². The van der Waals surface area contributed by atoms with E-state index >= 15 is 0 Å². The molecule has 0 saturated carbocycles. The van der Waals surface area contributed by atoms with Crippen LogP contribution in [0.4, 0.5) is 5.69 Å². The molecule has 6 nitrogen and oxygen atoms in total. The molecule has 2 amide bonds. The van der Waals surface area contributed by atoms with E-state index in [1.165, 1.54) is 0 Å². The van der Waals surface area contributed by atoms with Gasteiger partial charge in [-0.3, -0.25) is 14.6 Å². The molecule has 3 aromatic rings. The SMILES string of the molecule is O=C(NCc1cccnc1)[C@H]1CC(=O)N(c2ccc(Oc3ccccc3)cc2)C1. The van der Waals surface area contributed by atoms with Crippen LogP contribution in [-0.2, 0) is 16.1 Å². The molecule has 1 aromatic heterocycles. The number of pyridine rings is 1. The number of anilines is 1. The van der Waals surface area contributed by atoms with Crippen LogP contribution in [0.3, 0.4) is 0 Å². The molecule has 6 heteroatoms. The van der Waals surface area contributed by atoms with E-state index < -0.39 is 0 Å². The molecule has 1 aliphatic heterocycles. The monoisotopic (exact) mass is 387 g/mol. The predicted octanol–water partition coefficient (Wildman–Crippen LogP) is 3.54. The number of benzene rings is 2. The molecular formula is C23H21N3O3. The van der Waals surface area contributed by atoms with Crippen molar-refractivity contribution >= 4 is 17.5 Å². The maximum Gasteiger partial charge on any atom is 0.227 e. The van der Waals surface area contributed by atoms with E-state index in [0.717, 1.165) is 17.0 Å². The summed E-state index contributed by atoms with van der Waals surface area (Å²) in [5.74, 6) is 0.914. The first-order valence-electron chi connectivity index (χ1n) is 9.49. The van der Waals surface area contributed by atoms with Crippen LogP contribution in [0, 0.1) is 5.92 Å². The van der Waals surface area contributed by atoms with Crippen molar-refractivity contribution in [3.05, 3.63) is 84.7 Å². The van der Waals surface area contributed by atoms with Crippen molar-refractivity contribution in [1.82, 2.24) is 10.3 Å². The van der Waals surface area contributed by atoms with Gasteiger partial charge in [0.05, 0.1) is 5.92 Å². The normalized spacial score (nSPS) is 15.9. The second-order valence-corrected chi connectivity index (χ2v) is 6.89. The molecule has 2 aromatic carbocycles. The number of ether oxygens (including phenoxy) is 1. The van der Waals surface area contributed by atoms with E-state index in [2.05, 4.69) is 10.3 Å². The molecule has 4 rings (SSSR count). The third-order valence-electron chi connectivity index (χ3n) is 4.81. The number of aromatic nitrogens is 1. The Balaban J connectivity index is 1.35. The molecule has 0 radical (unpaired) electrons. The third-order valence-corrected chi connectivity index (χ3v) is 4.81. The highest BCUT2D eigenvalue weighted by atomic mass is 16.5. The van der Waals surface area contributed by atoms with Gasteiger partial charge in [0.2, 0.25) is 11.8 Å². The number of carbonyl (C=O) groups excluding carboxylic acids is 2. The Bertz CT molecular complexity index is 975. The maximum atomic E-state index is 12.5. The Hall–Kier alpha value is -3.67. The largest absolute Gasteiger partial charge is 0.457 e. The number of hydrogen-bond acceptors (Lipinski definition) is 4. The van der Waals surface area contributed by atoms with E-state index in [0.29, 0.717) is 18.8 Å². The van der Waals surface area contributed by atoms with Crippen molar-refractivity contribution in [2.75, 3.05) is 11.4 Å². The number of nitrogens with zero attached hydrogens (tertiary/aromatic N) is 2. The van der Waals surface area contributed by atoms with Gasteiger partial charge in [0.25, 0.3) is 0 Å². The van der Waals surface area contributed by atoms with Crippen molar-refractivity contribution in [3.63, 3.8) is 0 Å².